The van der Waals surface area contributed by atoms with Crippen LogP contribution >= 0.6 is 11.6 Å². The summed E-state index contributed by atoms with van der Waals surface area (Å²) in [5.74, 6) is 0.207. The van der Waals surface area contributed by atoms with Gasteiger partial charge >= 0.3 is 6.01 Å². The molecule has 0 radical (unpaired) electrons. The topological polar surface area (TPSA) is 66.4 Å². The second-order valence-electron chi connectivity index (χ2n) is 10.5. The Labute approximate surface area is 219 Å². The zero-order valence-corrected chi connectivity index (χ0v) is 21.4. The van der Waals surface area contributed by atoms with Crippen LogP contribution in [-0.2, 0) is 0 Å². The number of hydrogen-bond donors (Lipinski definition) is 1. The summed E-state index contributed by atoms with van der Waals surface area (Å²) in [5.41, 5.74) is 1.09. The zero-order chi connectivity index (χ0) is 25.1. The van der Waals surface area contributed by atoms with Crippen LogP contribution in [0.2, 0.25) is 5.02 Å². The molecular weight excluding hydrogens is 491 g/mol. The summed E-state index contributed by atoms with van der Waals surface area (Å²) in [5, 5.41) is 6.52. The molecule has 2 bridgehead atoms. The fourth-order valence-electron chi connectivity index (χ4n) is 6.11. The smallest absolute Gasteiger partial charge is 0.319 e. The van der Waals surface area contributed by atoms with Crippen molar-refractivity contribution < 1.29 is 9.13 Å². The number of hydrogen-bond acceptors (Lipinski definition) is 7. The molecule has 3 atom stereocenters. The Morgan fingerprint density at radius 3 is 2.57 bits per heavy atom. The molecule has 9 heteroatoms. The van der Waals surface area contributed by atoms with Crippen LogP contribution in [0.15, 0.2) is 42.6 Å². The molecule has 2 aromatic carbocycles. The summed E-state index contributed by atoms with van der Waals surface area (Å²) in [7, 11) is 2.07. The highest BCUT2D eigenvalue weighted by molar-refractivity contribution is 6.36. The first-order valence-corrected chi connectivity index (χ1v) is 13.3. The average molecular weight is 519 g/mol. The van der Waals surface area contributed by atoms with E-state index in [1.54, 1.807) is 6.20 Å². The van der Waals surface area contributed by atoms with Gasteiger partial charge in [0.05, 0.1) is 5.39 Å². The number of anilines is 1. The van der Waals surface area contributed by atoms with Gasteiger partial charge in [-0.15, -0.1) is 0 Å². The maximum Gasteiger partial charge on any atom is 0.319 e. The third kappa shape index (κ3) is 4.07. The molecular formula is C28H28ClFN6O. The van der Waals surface area contributed by atoms with Crippen molar-refractivity contribution in [2.75, 3.05) is 38.1 Å². The van der Waals surface area contributed by atoms with Gasteiger partial charge in [-0.1, -0.05) is 41.9 Å². The number of ether oxygens (including phenoxy) is 1. The highest BCUT2D eigenvalue weighted by Crippen LogP contribution is 2.38. The molecule has 2 unspecified atom stereocenters. The van der Waals surface area contributed by atoms with Crippen molar-refractivity contribution >= 4 is 39.1 Å². The Balaban J connectivity index is 1.39. The van der Waals surface area contributed by atoms with E-state index >= 15 is 4.39 Å². The standard InChI is InChI=1S/C28H28ClFN6O/c1-35-11-10-19(15-35)37-28-33-26-21(27(34-28)36-13-17-8-9-18(14-36)32-17)12-31-25(24(26)30)20-6-2-4-16-5-3-7-22(29)23(16)20/h2-7,12,17-19,32H,8-11,13-15H2,1H3/t17?,18?,19-/m1/s1. The Bertz CT molecular complexity index is 1500. The van der Waals surface area contributed by atoms with Gasteiger partial charge in [-0.25, -0.2) is 4.39 Å². The average Bonchev–Trinajstić information content (AvgIpc) is 3.47. The van der Waals surface area contributed by atoms with Gasteiger partial charge < -0.3 is 19.9 Å². The number of rotatable bonds is 4. The minimum atomic E-state index is -0.486. The lowest BCUT2D eigenvalue weighted by atomic mass is 10.0. The SMILES string of the molecule is CN1CC[C@@H](Oc2nc(N3CC4CCC(C3)N4)c3cnc(-c4cccc5cccc(Cl)c45)c(F)c3n2)C1. The Hall–Kier alpha value is -3.07. The zero-order valence-electron chi connectivity index (χ0n) is 20.6. The monoisotopic (exact) mass is 518 g/mol. The van der Waals surface area contributed by atoms with Crippen molar-refractivity contribution in [2.45, 2.75) is 37.5 Å². The molecule has 3 fully saturated rings. The highest BCUT2D eigenvalue weighted by atomic mass is 35.5. The van der Waals surface area contributed by atoms with E-state index in [1.807, 2.05) is 36.4 Å². The molecule has 37 heavy (non-hydrogen) atoms. The van der Waals surface area contributed by atoms with Crippen molar-refractivity contribution in [3.05, 3.63) is 53.4 Å². The molecule has 0 amide bonds. The van der Waals surface area contributed by atoms with Crippen LogP contribution in [0.5, 0.6) is 6.01 Å². The molecule has 1 N–H and O–H groups in total. The van der Waals surface area contributed by atoms with E-state index in [2.05, 4.69) is 32.1 Å². The number of fused-ring (bicyclic) bond motifs is 4. The van der Waals surface area contributed by atoms with Crippen LogP contribution in [0, 0.1) is 5.82 Å². The summed E-state index contributed by atoms with van der Waals surface area (Å²) in [6.45, 7) is 3.39. The summed E-state index contributed by atoms with van der Waals surface area (Å²) in [4.78, 5) is 18.5. The number of benzene rings is 2. The van der Waals surface area contributed by atoms with Crippen LogP contribution in [0.3, 0.4) is 0 Å². The maximum atomic E-state index is 16.4. The normalized spacial score (nSPS) is 23.9. The molecule has 3 saturated heterocycles. The minimum absolute atomic E-state index is 0.0178. The van der Waals surface area contributed by atoms with E-state index in [-0.39, 0.29) is 23.3 Å². The number of nitrogens with one attached hydrogen (secondary N) is 1. The Kier molecular flexibility index (Phi) is 5.64. The van der Waals surface area contributed by atoms with E-state index in [9.17, 15) is 0 Å². The first-order valence-electron chi connectivity index (χ1n) is 12.9. The van der Waals surface area contributed by atoms with Crippen molar-refractivity contribution in [1.29, 1.82) is 0 Å². The maximum absolute atomic E-state index is 16.4. The lowest BCUT2D eigenvalue weighted by Crippen LogP contribution is -2.51. The van der Waals surface area contributed by atoms with Crippen LogP contribution in [-0.4, -0.2) is 71.3 Å². The van der Waals surface area contributed by atoms with Crippen LogP contribution in [0.25, 0.3) is 32.9 Å². The molecule has 7 rings (SSSR count). The number of likely N-dealkylation sites (tertiary alicyclic amines) is 1. The number of pyridine rings is 1. The van der Waals surface area contributed by atoms with Gasteiger partial charge in [0.15, 0.2) is 5.82 Å². The summed E-state index contributed by atoms with van der Waals surface area (Å²) in [6.07, 6.45) is 4.86. The Morgan fingerprint density at radius 2 is 1.81 bits per heavy atom. The van der Waals surface area contributed by atoms with Crippen LogP contribution < -0.4 is 15.0 Å². The summed E-state index contributed by atoms with van der Waals surface area (Å²) < 4.78 is 22.6. The Morgan fingerprint density at radius 1 is 1.03 bits per heavy atom. The van der Waals surface area contributed by atoms with Gasteiger partial charge in [0.25, 0.3) is 0 Å². The second-order valence-corrected chi connectivity index (χ2v) is 10.9. The van der Waals surface area contributed by atoms with Gasteiger partial charge in [-0.05, 0) is 37.8 Å². The summed E-state index contributed by atoms with van der Waals surface area (Å²) in [6, 6.07) is 12.4. The predicted octanol–water partition coefficient (Wildman–Crippen LogP) is 4.66. The van der Waals surface area contributed by atoms with Gasteiger partial charge in [-0.2, -0.15) is 9.97 Å². The third-order valence-electron chi connectivity index (χ3n) is 7.89. The molecule has 0 saturated carbocycles. The number of halogens is 2. The molecule has 4 aromatic rings. The van der Waals surface area contributed by atoms with Crippen molar-refractivity contribution in [1.82, 2.24) is 25.2 Å². The van der Waals surface area contributed by atoms with E-state index in [0.717, 1.165) is 56.2 Å². The molecule has 2 aromatic heterocycles. The first-order chi connectivity index (χ1) is 18.0. The minimum Gasteiger partial charge on any atom is -0.459 e. The van der Waals surface area contributed by atoms with E-state index in [0.29, 0.717) is 33.9 Å². The first kappa shape index (κ1) is 23.1. The van der Waals surface area contributed by atoms with E-state index in [4.69, 9.17) is 21.3 Å². The molecule has 7 nitrogen and oxygen atoms in total. The molecule has 5 heterocycles. The number of nitrogens with zero attached hydrogens (tertiary/aromatic N) is 5. The number of aromatic nitrogens is 3. The molecule has 3 aliphatic heterocycles. The van der Waals surface area contributed by atoms with Gasteiger partial charge in [0, 0.05) is 60.4 Å². The molecule has 190 valence electrons. The van der Waals surface area contributed by atoms with Crippen molar-refractivity contribution in [2.24, 2.45) is 0 Å². The second kappa shape index (κ2) is 9.04. The van der Waals surface area contributed by atoms with Gasteiger partial charge in [0.1, 0.15) is 23.1 Å². The van der Waals surface area contributed by atoms with Crippen molar-refractivity contribution in [3.8, 4) is 17.3 Å². The fraction of sp³-hybridized carbons (Fsp3) is 0.393. The highest BCUT2D eigenvalue weighted by Gasteiger charge is 2.34. The van der Waals surface area contributed by atoms with E-state index < -0.39 is 5.82 Å². The number of piperazine rings is 1. The van der Waals surface area contributed by atoms with E-state index in [1.165, 1.54) is 0 Å². The fourth-order valence-corrected chi connectivity index (χ4v) is 6.39. The lowest BCUT2D eigenvalue weighted by molar-refractivity contribution is 0.192. The molecule has 0 aliphatic carbocycles. The van der Waals surface area contributed by atoms with Gasteiger partial charge in [0.2, 0.25) is 0 Å². The van der Waals surface area contributed by atoms with Crippen LogP contribution in [0.4, 0.5) is 10.2 Å². The third-order valence-corrected chi connectivity index (χ3v) is 8.20. The van der Waals surface area contributed by atoms with Crippen molar-refractivity contribution in [3.63, 3.8) is 0 Å². The molecule has 0 spiro atoms. The van der Waals surface area contributed by atoms with Gasteiger partial charge in [-0.3, -0.25) is 4.98 Å². The quantitative estimate of drug-likeness (QED) is 0.421. The largest absolute Gasteiger partial charge is 0.459 e. The predicted molar refractivity (Wildman–Crippen MR) is 144 cm³/mol. The van der Waals surface area contributed by atoms with Crippen LogP contribution in [0.1, 0.15) is 19.3 Å². The lowest BCUT2D eigenvalue weighted by Gasteiger charge is -2.34. The molecule has 3 aliphatic rings. The number of likely N-dealkylation sites (N-methyl/N-ethyl adjacent to an activating group) is 1. The summed E-state index contributed by atoms with van der Waals surface area (Å²) >= 11 is 6.56.